The molecule has 0 saturated heterocycles. The van der Waals surface area contributed by atoms with E-state index in [4.69, 9.17) is 0 Å². The Bertz CT molecular complexity index is 3110. The van der Waals surface area contributed by atoms with E-state index in [1.165, 1.54) is 118 Å². The molecule has 2 nitrogen and oxygen atoms in total. The molecule has 0 radical (unpaired) electrons. The van der Waals surface area contributed by atoms with Crippen LogP contribution in [0.15, 0.2) is 203 Å². The summed E-state index contributed by atoms with van der Waals surface area (Å²) in [5, 5.41) is 0. The van der Waals surface area contributed by atoms with Crippen molar-refractivity contribution in [1.82, 2.24) is 0 Å². The monoisotopic (exact) mass is 1070 g/mol. The molecule has 8 aromatic rings. The topological polar surface area (TPSA) is 6.48 Å². The number of aryl methyl sites for hydroxylation is 4. The van der Waals surface area contributed by atoms with Crippen molar-refractivity contribution in [3.63, 3.8) is 0 Å². The van der Waals surface area contributed by atoms with E-state index >= 15 is 0 Å². The second kappa shape index (κ2) is 24.5. The summed E-state index contributed by atoms with van der Waals surface area (Å²) in [6, 6.07) is 65.8. The fraction of sp³-hybridized carbons (Fsp3) is 0.235. The molecule has 8 aromatic carbocycles. The standard InChI is InChI=1S/C68H68Br2N2/c1-5-7-9-13-23-55-47-68(54-27-35-60(36-28-54)72(62-39-31-58(70)32-40-62)64-42-44-66(50(4)46-64)52-21-17-12-18-22-52)56(24-14-10-8-6-2)48-67(55)53-25-33-59(34-26-53)71(61-37-29-57(69)30-38-61)63-41-43-65(49(3)45-63)51-19-15-11-16-20-51/h11,15-17,19-22,25-48H,5-10,12-14,18,23-24H2,1-4H3. The van der Waals surface area contributed by atoms with Gasteiger partial charge in [-0.3, -0.25) is 0 Å². The molecule has 9 rings (SSSR count). The van der Waals surface area contributed by atoms with Gasteiger partial charge in [0.2, 0.25) is 0 Å². The second-order valence-corrected chi connectivity index (χ2v) is 21.3. The van der Waals surface area contributed by atoms with Gasteiger partial charge in [-0.25, -0.2) is 0 Å². The van der Waals surface area contributed by atoms with Crippen molar-refractivity contribution in [2.75, 3.05) is 9.80 Å². The molecule has 364 valence electrons. The average Bonchev–Trinajstić information content (AvgIpc) is 3.41. The lowest BCUT2D eigenvalue weighted by molar-refractivity contribution is 0.664. The van der Waals surface area contributed by atoms with Gasteiger partial charge in [0, 0.05) is 43.1 Å². The fourth-order valence-electron chi connectivity index (χ4n) is 10.4. The highest BCUT2D eigenvalue weighted by atomic mass is 79.9. The molecule has 1 aliphatic rings. The third-order valence-corrected chi connectivity index (χ3v) is 15.4. The van der Waals surface area contributed by atoms with Crippen LogP contribution < -0.4 is 9.80 Å². The van der Waals surface area contributed by atoms with Crippen molar-refractivity contribution in [3.05, 3.63) is 231 Å². The molecule has 72 heavy (non-hydrogen) atoms. The fourth-order valence-corrected chi connectivity index (χ4v) is 11.0. The van der Waals surface area contributed by atoms with Gasteiger partial charge in [0.15, 0.2) is 0 Å². The van der Waals surface area contributed by atoms with E-state index in [-0.39, 0.29) is 0 Å². The summed E-state index contributed by atoms with van der Waals surface area (Å²) in [6.45, 7) is 9.08. The molecule has 0 spiro atoms. The van der Waals surface area contributed by atoms with Crippen LogP contribution in [0.5, 0.6) is 0 Å². The first kappa shape index (κ1) is 50.7. The number of halogens is 2. The maximum Gasteiger partial charge on any atom is 0.0464 e. The predicted octanol–water partition coefficient (Wildman–Crippen LogP) is 21.7. The van der Waals surface area contributed by atoms with Crippen molar-refractivity contribution in [2.24, 2.45) is 0 Å². The number of hydrogen-bond donors (Lipinski definition) is 0. The molecule has 0 unspecified atom stereocenters. The molecule has 0 N–H and O–H groups in total. The summed E-state index contributed by atoms with van der Waals surface area (Å²) in [6.07, 6.45) is 21.1. The average molecular weight is 1070 g/mol. The number of hydrogen-bond acceptors (Lipinski definition) is 2. The molecule has 0 aliphatic heterocycles. The number of allylic oxidation sites excluding steroid dienone is 4. The quantitative estimate of drug-likeness (QED) is 0.0702. The number of nitrogens with zero attached hydrogens (tertiary/aromatic N) is 2. The van der Waals surface area contributed by atoms with Crippen LogP contribution >= 0.6 is 31.9 Å². The first-order valence-electron chi connectivity index (χ1n) is 26.4. The summed E-state index contributed by atoms with van der Waals surface area (Å²) in [5.41, 5.74) is 22.6. The van der Waals surface area contributed by atoms with Gasteiger partial charge in [-0.15, -0.1) is 0 Å². The maximum absolute atomic E-state index is 3.69. The highest BCUT2D eigenvalue weighted by Crippen LogP contribution is 2.42. The second-order valence-electron chi connectivity index (χ2n) is 19.5. The lowest BCUT2D eigenvalue weighted by Crippen LogP contribution is -2.10. The Morgan fingerprint density at radius 1 is 0.389 bits per heavy atom. The predicted molar refractivity (Wildman–Crippen MR) is 319 cm³/mol. The lowest BCUT2D eigenvalue weighted by atomic mass is 9.86. The molecule has 0 aromatic heterocycles. The van der Waals surface area contributed by atoms with Gasteiger partial charge >= 0.3 is 0 Å². The van der Waals surface area contributed by atoms with Crippen LogP contribution in [0.1, 0.15) is 106 Å². The highest BCUT2D eigenvalue weighted by molar-refractivity contribution is 9.10. The van der Waals surface area contributed by atoms with Crippen LogP contribution in [0.25, 0.3) is 39.0 Å². The van der Waals surface area contributed by atoms with Crippen LogP contribution in [0.3, 0.4) is 0 Å². The van der Waals surface area contributed by atoms with Crippen molar-refractivity contribution in [3.8, 4) is 33.4 Å². The Labute approximate surface area is 447 Å². The van der Waals surface area contributed by atoms with Crippen LogP contribution in [0.2, 0.25) is 0 Å². The SMILES string of the molecule is CCCCCCc1cc(-c2ccc(N(c3ccc(Br)cc3)c3ccc(-c4ccccc4)c(C)c3)cc2)c(CCCCCC)cc1-c1ccc(N(c2ccc(Br)cc2)c2ccc(C3=CCCC=C3)c(C)c2)cc1. The molecule has 0 fully saturated rings. The van der Waals surface area contributed by atoms with E-state index in [9.17, 15) is 0 Å². The summed E-state index contributed by atoms with van der Waals surface area (Å²) in [5.74, 6) is 0. The molecule has 4 heteroatoms. The Morgan fingerprint density at radius 2 is 0.806 bits per heavy atom. The molecular weight excluding hydrogens is 1000 g/mol. The molecule has 0 atom stereocenters. The maximum atomic E-state index is 3.69. The smallest absolute Gasteiger partial charge is 0.0464 e. The van der Waals surface area contributed by atoms with Crippen LogP contribution in [-0.2, 0) is 12.8 Å². The zero-order valence-corrected chi connectivity index (χ0v) is 45.8. The van der Waals surface area contributed by atoms with E-state index in [1.54, 1.807) is 0 Å². The molecule has 0 saturated carbocycles. The van der Waals surface area contributed by atoms with E-state index in [2.05, 4.69) is 264 Å². The number of anilines is 6. The molecular formula is C68H68Br2N2. The Balaban J connectivity index is 1.09. The third-order valence-electron chi connectivity index (χ3n) is 14.3. The lowest BCUT2D eigenvalue weighted by Gasteiger charge is -2.27. The number of benzene rings is 8. The van der Waals surface area contributed by atoms with E-state index < -0.39 is 0 Å². The highest BCUT2D eigenvalue weighted by Gasteiger charge is 2.20. The van der Waals surface area contributed by atoms with Gasteiger partial charge < -0.3 is 9.80 Å². The summed E-state index contributed by atoms with van der Waals surface area (Å²) >= 11 is 7.38. The van der Waals surface area contributed by atoms with Gasteiger partial charge in [0.25, 0.3) is 0 Å². The molecule has 0 heterocycles. The van der Waals surface area contributed by atoms with Crippen molar-refractivity contribution < 1.29 is 0 Å². The van der Waals surface area contributed by atoms with E-state index in [0.29, 0.717) is 0 Å². The largest absolute Gasteiger partial charge is 0.310 e. The van der Waals surface area contributed by atoms with Crippen molar-refractivity contribution in [1.29, 1.82) is 0 Å². The van der Waals surface area contributed by atoms with E-state index in [1.807, 2.05) is 0 Å². The van der Waals surface area contributed by atoms with Crippen molar-refractivity contribution >= 4 is 71.6 Å². The number of rotatable bonds is 20. The minimum atomic E-state index is 1.05. The van der Waals surface area contributed by atoms with Gasteiger partial charge in [-0.05, 0) is 216 Å². The molecule has 1 aliphatic carbocycles. The Hall–Kier alpha value is -6.20. The van der Waals surface area contributed by atoms with Gasteiger partial charge in [-0.2, -0.15) is 0 Å². The van der Waals surface area contributed by atoms with Crippen molar-refractivity contribution in [2.45, 2.75) is 105 Å². The van der Waals surface area contributed by atoms with Crippen LogP contribution in [-0.4, -0.2) is 0 Å². The van der Waals surface area contributed by atoms with Crippen LogP contribution in [0.4, 0.5) is 34.1 Å². The summed E-state index contributed by atoms with van der Waals surface area (Å²) < 4.78 is 2.14. The van der Waals surface area contributed by atoms with Gasteiger partial charge in [0.05, 0.1) is 0 Å². The summed E-state index contributed by atoms with van der Waals surface area (Å²) in [4.78, 5) is 4.78. The van der Waals surface area contributed by atoms with E-state index in [0.717, 1.165) is 68.8 Å². The zero-order valence-electron chi connectivity index (χ0n) is 42.6. The number of unbranched alkanes of at least 4 members (excludes halogenated alkanes) is 6. The molecule has 0 amide bonds. The van der Waals surface area contributed by atoms with Gasteiger partial charge in [-0.1, -0.05) is 181 Å². The molecule has 0 bridgehead atoms. The minimum Gasteiger partial charge on any atom is -0.310 e. The Morgan fingerprint density at radius 3 is 1.22 bits per heavy atom. The minimum absolute atomic E-state index is 1.05. The normalized spacial score (nSPS) is 12.2. The Kier molecular flexibility index (Phi) is 17.2. The van der Waals surface area contributed by atoms with Gasteiger partial charge in [0.1, 0.15) is 0 Å². The first-order valence-corrected chi connectivity index (χ1v) is 28.0. The van der Waals surface area contributed by atoms with Crippen LogP contribution in [0, 0.1) is 13.8 Å². The summed E-state index contributed by atoms with van der Waals surface area (Å²) in [7, 11) is 0. The third kappa shape index (κ3) is 12.2. The zero-order chi connectivity index (χ0) is 49.8. The first-order chi connectivity index (χ1) is 35.3.